The second kappa shape index (κ2) is 66.8. The van der Waals surface area contributed by atoms with E-state index in [2.05, 4.69) is 26.6 Å². The number of hydrogen-bond donors (Lipinski definition) is 13. The van der Waals surface area contributed by atoms with Crippen molar-refractivity contribution < 1.29 is 154 Å². The Balaban J connectivity index is 3.38. The molecule has 0 aliphatic rings. The molecular weight excluding hydrogens is 1310 g/mol. The zero-order valence-electron chi connectivity index (χ0n) is 55.2. The lowest BCUT2D eigenvalue weighted by molar-refractivity contribution is -0.142. The van der Waals surface area contributed by atoms with Crippen LogP contribution in [0.2, 0.25) is 0 Å². The van der Waals surface area contributed by atoms with E-state index < -0.39 is 110 Å². The summed E-state index contributed by atoms with van der Waals surface area (Å²) in [4.78, 5) is 115. The zero-order valence-corrected chi connectivity index (χ0v) is 55.2. The van der Waals surface area contributed by atoms with E-state index in [9.17, 15) is 58.2 Å². The predicted octanol–water partition coefficient (Wildman–Crippen LogP) is -3.22. The van der Waals surface area contributed by atoms with Gasteiger partial charge in [-0.2, -0.15) is 0 Å². The van der Waals surface area contributed by atoms with Crippen molar-refractivity contribution in [3.63, 3.8) is 0 Å². The van der Waals surface area contributed by atoms with Crippen LogP contribution in [0, 0.1) is 0 Å². The van der Waals surface area contributed by atoms with E-state index in [4.69, 9.17) is 96.2 Å². The van der Waals surface area contributed by atoms with Crippen molar-refractivity contribution in [3.05, 3.63) is 0 Å². The molecule has 0 aliphatic carbocycles. The highest BCUT2D eigenvalue weighted by molar-refractivity contribution is 5.88. The van der Waals surface area contributed by atoms with E-state index in [0.717, 1.165) is 0 Å². The lowest BCUT2D eigenvalue weighted by Crippen LogP contribution is -2.51. The molecule has 0 heterocycles. The lowest BCUT2D eigenvalue weighted by atomic mass is 10.1. The van der Waals surface area contributed by atoms with Crippen molar-refractivity contribution in [2.24, 2.45) is 0 Å². The zero-order chi connectivity index (χ0) is 71.5. The van der Waals surface area contributed by atoms with Crippen molar-refractivity contribution in [3.8, 4) is 0 Å². The molecule has 0 rings (SSSR count). The van der Waals surface area contributed by atoms with Gasteiger partial charge in [0.2, 0.25) is 11.8 Å². The maximum Gasteiger partial charge on any atom is 0.326 e. The summed E-state index contributed by atoms with van der Waals surface area (Å²) >= 11 is 0. The number of hydrogen-bond acceptors (Lipinski definition) is 27. The van der Waals surface area contributed by atoms with Crippen molar-refractivity contribution >= 4 is 59.7 Å². The van der Waals surface area contributed by atoms with Gasteiger partial charge >= 0.3 is 47.9 Å². The van der Waals surface area contributed by atoms with E-state index in [-0.39, 0.29) is 65.2 Å². The number of amides is 6. The van der Waals surface area contributed by atoms with Crippen LogP contribution in [0.1, 0.15) is 51.4 Å². The lowest BCUT2D eigenvalue weighted by Gasteiger charge is -2.18. The molecule has 0 saturated heterocycles. The minimum absolute atomic E-state index is 0.145. The molecule has 0 bridgehead atoms. The summed E-state index contributed by atoms with van der Waals surface area (Å²) in [5, 5.41) is 71.0. The van der Waals surface area contributed by atoms with Crippen molar-refractivity contribution in [2.45, 2.75) is 75.5 Å². The summed E-state index contributed by atoms with van der Waals surface area (Å²) in [5.41, 5.74) is 0. The molecule has 4 atom stereocenters. The van der Waals surface area contributed by atoms with Crippen molar-refractivity contribution in [2.75, 3.05) is 238 Å². The molecule has 0 aromatic heterocycles. The van der Waals surface area contributed by atoms with Gasteiger partial charge in [-0.05, 0) is 25.7 Å². The summed E-state index contributed by atoms with van der Waals surface area (Å²) in [6.07, 6.45) is -2.92. The Morgan fingerprint density at radius 2 is 0.392 bits per heavy atom. The third-order valence-electron chi connectivity index (χ3n) is 12.2. The molecule has 564 valence electrons. The first-order chi connectivity index (χ1) is 46.9. The first-order valence-electron chi connectivity index (χ1n) is 31.9. The van der Waals surface area contributed by atoms with E-state index in [1.165, 1.54) is 0 Å². The van der Waals surface area contributed by atoms with Crippen LogP contribution in [-0.4, -0.2) is 352 Å². The molecule has 4 unspecified atom stereocenters. The molecule has 0 spiro atoms. The standard InChI is InChI=1S/C58H105N7O32/c66-49(5-1-45(53(72)73)62-57(80)64-47(55(76)77)3-7-51(68)69)60-11-15-84-19-23-88-27-31-92-35-39-96-43-41-94-37-33-90-29-25-86-21-17-82-13-9-59-10-14-83-18-22-87-26-30-91-34-38-95-42-44-97-40-36-93-32-28-89-24-20-85-16-12-61-50(67)6-2-46(54(74)75)63-58(81)65-48(56(78)79)4-8-52(70)71/h45-48,59H,1-44H2,(H,60,66)(H,61,67)(H,68,69)(H,70,71)(H,72,73)(H,74,75)(H,76,77)(H,78,79)(H2,62,64,80)(H2,63,65,81). The number of carboxylic acids is 6. The molecular formula is C58H105N7O32. The highest BCUT2D eigenvalue weighted by Gasteiger charge is 2.27. The van der Waals surface area contributed by atoms with E-state index >= 15 is 0 Å². The van der Waals surface area contributed by atoms with Gasteiger partial charge in [0.15, 0.2) is 0 Å². The Morgan fingerprint density at radius 1 is 0.227 bits per heavy atom. The normalized spacial score (nSPS) is 12.5. The number of aliphatic carboxylic acids is 6. The highest BCUT2D eigenvalue weighted by Crippen LogP contribution is 2.04. The van der Waals surface area contributed by atoms with Gasteiger partial charge in [0, 0.05) is 51.9 Å². The maximum atomic E-state index is 12.1. The predicted molar refractivity (Wildman–Crippen MR) is 333 cm³/mol. The Hall–Kier alpha value is -6.38. The number of carboxylic acid groups (broad SMARTS) is 6. The van der Waals surface area contributed by atoms with Crippen LogP contribution in [0.3, 0.4) is 0 Å². The topological polar surface area (TPSA) is 524 Å². The Kier molecular flexibility index (Phi) is 62.4. The van der Waals surface area contributed by atoms with Crippen LogP contribution >= 0.6 is 0 Å². The second-order valence-electron chi connectivity index (χ2n) is 20.0. The fraction of sp³-hybridized carbons (Fsp3) is 0.828. The third kappa shape index (κ3) is 64.1. The smallest absolute Gasteiger partial charge is 0.326 e. The van der Waals surface area contributed by atoms with Crippen LogP contribution in [0.15, 0.2) is 0 Å². The Bertz CT molecular complexity index is 1920. The van der Waals surface area contributed by atoms with Crippen LogP contribution in [-0.2, 0) is 114 Å². The number of urea groups is 2. The first kappa shape index (κ1) is 90.6. The van der Waals surface area contributed by atoms with Gasteiger partial charge in [0.25, 0.3) is 0 Å². The number of ether oxygens (including phenoxy) is 16. The van der Waals surface area contributed by atoms with Gasteiger partial charge < -0.3 is 144 Å². The molecule has 6 amide bonds. The van der Waals surface area contributed by atoms with Gasteiger partial charge in [-0.3, -0.25) is 19.2 Å². The molecule has 0 fully saturated rings. The van der Waals surface area contributed by atoms with Crippen molar-refractivity contribution in [1.29, 1.82) is 0 Å². The first-order valence-corrected chi connectivity index (χ1v) is 31.9. The second-order valence-corrected chi connectivity index (χ2v) is 20.0. The molecule has 0 aromatic carbocycles. The Morgan fingerprint density at radius 3 is 0.567 bits per heavy atom. The van der Waals surface area contributed by atoms with Gasteiger partial charge in [-0.25, -0.2) is 28.8 Å². The number of nitrogens with one attached hydrogen (secondary N) is 7. The number of rotatable bonds is 74. The summed E-state index contributed by atoms with van der Waals surface area (Å²) in [6.45, 7) is 14.1. The molecule has 97 heavy (non-hydrogen) atoms. The van der Waals surface area contributed by atoms with Gasteiger partial charge in [-0.1, -0.05) is 0 Å². The molecule has 0 aliphatic heterocycles. The summed E-state index contributed by atoms with van der Waals surface area (Å²) in [5.74, 6) is -9.36. The largest absolute Gasteiger partial charge is 0.481 e. The van der Waals surface area contributed by atoms with Crippen LogP contribution < -0.4 is 37.2 Å². The fourth-order valence-corrected chi connectivity index (χ4v) is 7.23. The third-order valence-corrected chi connectivity index (χ3v) is 12.2. The summed E-state index contributed by atoms with van der Waals surface area (Å²) in [7, 11) is 0. The van der Waals surface area contributed by atoms with E-state index in [0.29, 0.717) is 198 Å². The molecule has 39 nitrogen and oxygen atoms in total. The number of carbonyl (C=O) groups is 10. The van der Waals surface area contributed by atoms with Crippen LogP contribution in [0.4, 0.5) is 9.59 Å². The molecule has 0 radical (unpaired) electrons. The van der Waals surface area contributed by atoms with E-state index in [1.807, 2.05) is 10.6 Å². The SMILES string of the molecule is O=C(O)CCC(NC(=O)NC(CCC(=O)NCCOCCOCCOCCOCCOCCOCCOCCOCCNCCOCCOCCOCCOCCOCCOCCOCCOCCNC(=O)CCC(NC(=O)NC(CCC(=O)O)C(=O)O)C(=O)O)C(=O)O)C(=O)O. The highest BCUT2D eigenvalue weighted by atomic mass is 16.6. The van der Waals surface area contributed by atoms with E-state index in [1.54, 1.807) is 0 Å². The fourth-order valence-electron chi connectivity index (χ4n) is 7.23. The van der Waals surface area contributed by atoms with Gasteiger partial charge in [0.05, 0.1) is 211 Å². The average Bonchev–Trinajstić information content (AvgIpc) is 1.35. The molecule has 13 N–H and O–H groups in total. The quantitative estimate of drug-likeness (QED) is 0.0266. The molecule has 0 aromatic rings. The minimum atomic E-state index is -1.54. The van der Waals surface area contributed by atoms with Gasteiger partial charge in [0.1, 0.15) is 24.2 Å². The molecule has 0 saturated carbocycles. The monoisotopic (exact) mass is 1410 g/mol. The van der Waals surface area contributed by atoms with Crippen LogP contribution in [0.25, 0.3) is 0 Å². The summed E-state index contributed by atoms with van der Waals surface area (Å²) < 4.78 is 87.7. The Labute approximate surface area is 563 Å². The summed E-state index contributed by atoms with van der Waals surface area (Å²) in [6, 6.07) is -8.33. The van der Waals surface area contributed by atoms with Crippen LogP contribution in [0.5, 0.6) is 0 Å². The van der Waals surface area contributed by atoms with Crippen molar-refractivity contribution in [1.82, 2.24) is 37.2 Å². The van der Waals surface area contributed by atoms with Gasteiger partial charge in [-0.15, -0.1) is 0 Å². The molecule has 39 heteroatoms. The number of carbonyl (C=O) groups excluding carboxylic acids is 4. The minimum Gasteiger partial charge on any atom is -0.481 e. The maximum absolute atomic E-state index is 12.1. The average molecular weight is 1410 g/mol.